The van der Waals surface area contributed by atoms with E-state index in [1.54, 1.807) is 0 Å². The molecule has 1 aromatic carbocycles. The quantitative estimate of drug-likeness (QED) is 0.794. The minimum Gasteiger partial charge on any atom is -0.395 e. The van der Waals surface area contributed by atoms with Crippen molar-refractivity contribution in [3.63, 3.8) is 0 Å². The number of aliphatic hydroxyl groups excluding tert-OH is 1. The van der Waals surface area contributed by atoms with E-state index in [0.29, 0.717) is 6.54 Å². The minimum absolute atomic E-state index is 0.203. The second kappa shape index (κ2) is 7.66. The van der Waals surface area contributed by atoms with Gasteiger partial charge in [-0.05, 0) is 24.6 Å². The second-order valence-corrected chi connectivity index (χ2v) is 4.35. The summed E-state index contributed by atoms with van der Waals surface area (Å²) in [6.45, 7) is 4.93. The molecule has 1 rings (SSSR count). The zero-order valence-electron chi connectivity index (χ0n) is 9.82. The molecule has 0 fully saturated rings. The zero-order chi connectivity index (χ0) is 11.8. The van der Waals surface area contributed by atoms with Crippen LogP contribution in [0.25, 0.3) is 0 Å². The van der Waals surface area contributed by atoms with Crippen molar-refractivity contribution < 1.29 is 5.11 Å². The van der Waals surface area contributed by atoms with Gasteiger partial charge in [0.2, 0.25) is 0 Å². The summed E-state index contributed by atoms with van der Waals surface area (Å²) in [4.78, 5) is 2.24. The predicted octanol–water partition coefficient (Wildman–Crippen LogP) is 2.93. The van der Waals surface area contributed by atoms with E-state index in [4.69, 9.17) is 16.7 Å². The molecule has 0 radical (unpaired) electrons. The summed E-state index contributed by atoms with van der Waals surface area (Å²) >= 11 is 6.11. The van der Waals surface area contributed by atoms with Gasteiger partial charge in [0.1, 0.15) is 0 Å². The first-order valence-electron chi connectivity index (χ1n) is 5.84. The van der Waals surface area contributed by atoms with Crippen molar-refractivity contribution in [2.45, 2.75) is 26.3 Å². The number of halogens is 1. The fourth-order valence-corrected chi connectivity index (χ4v) is 1.86. The van der Waals surface area contributed by atoms with Crippen LogP contribution in [0.5, 0.6) is 0 Å². The maximum Gasteiger partial charge on any atom is 0.0558 e. The predicted molar refractivity (Wildman–Crippen MR) is 68.7 cm³/mol. The van der Waals surface area contributed by atoms with Gasteiger partial charge in [0.25, 0.3) is 0 Å². The highest BCUT2D eigenvalue weighted by molar-refractivity contribution is 6.31. The third-order valence-corrected chi connectivity index (χ3v) is 2.96. The smallest absolute Gasteiger partial charge is 0.0558 e. The molecule has 0 bridgehead atoms. The summed E-state index contributed by atoms with van der Waals surface area (Å²) in [7, 11) is 0. The highest BCUT2D eigenvalue weighted by Crippen LogP contribution is 2.17. The molecule has 0 aliphatic heterocycles. The number of rotatable bonds is 7. The molecule has 0 saturated heterocycles. The molecule has 0 aliphatic carbocycles. The van der Waals surface area contributed by atoms with Crippen LogP contribution in [0.3, 0.4) is 0 Å². The molecule has 2 nitrogen and oxygen atoms in total. The number of nitrogens with zero attached hydrogens (tertiary/aromatic N) is 1. The highest BCUT2D eigenvalue weighted by atomic mass is 35.5. The van der Waals surface area contributed by atoms with Gasteiger partial charge in [0, 0.05) is 18.1 Å². The molecule has 0 heterocycles. The van der Waals surface area contributed by atoms with Crippen LogP contribution in [0.1, 0.15) is 25.3 Å². The maximum atomic E-state index is 9.01. The fraction of sp³-hybridized carbons (Fsp3) is 0.538. The second-order valence-electron chi connectivity index (χ2n) is 3.94. The Labute approximate surface area is 103 Å². The molecule has 1 N–H and O–H groups in total. The van der Waals surface area contributed by atoms with Crippen LogP contribution in [0, 0.1) is 0 Å². The third kappa shape index (κ3) is 4.52. The van der Waals surface area contributed by atoms with E-state index in [-0.39, 0.29) is 6.61 Å². The number of hydrogen-bond donors (Lipinski definition) is 1. The lowest BCUT2D eigenvalue weighted by Crippen LogP contribution is -2.27. The number of benzene rings is 1. The van der Waals surface area contributed by atoms with Crippen LogP contribution in [-0.2, 0) is 6.54 Å². The Hall–Kier alpha value is -0.570. The molecular weight excluding hydrogens is 222 g/mol. The van der Waals surface area contributed by atoms with Gasteiger partial charge in [-0.1, -0.05) is 43.1 Å². The van der Waals surface area contributed by atoms with E-state index in [2.05, 4.69) is 11.8 Å². The maximum absolute atomic E-state index is 9.01. The largest absolute Gasteiger partial charge is 0.395 e. The van der Waals surface area contributed by atoms with E-state index in [9.17, 15) is 0 Å². The van der Waals surface area contributed by atoms with Crippen LogP contribution >= 0.6 is 11.6 Å². The van der Waals surface area contributed by atoms with Crippen LogP contribution in [-0.4, -0.2) is 29.7 Å². The molecule has 90 valence electrons. The summed E-state index contributed by atoms with van der Waals surface area (Å²) in [6.07, 6.45) is 2.33. The Morgan fingerprint density at radius 3 is 2.62 bits per heavy atom. The fourth-order valence-electron chi connectivity index (χ4n) is 1.66. The molecule has 0 unspecified atom stereocenters. The van der Waals surface area contributed by atoms with Gasteiger partial charge < -0.3 is 5.11 Å². The monoisotopic (exact) mass is 241 g/mol. The lowest BCUT2D eigenvalue weighted by molar-refractivity contribution is 0.188. The summed E-state index contributed by atoms with van der Waals surface area (Å²) < 4.78 is 0. The molecule has 3 heteroatoms. The lowest BCUT2D eigenvalue weighted by atomic mass is 10.2. The van der Waals surface area contributed by atoms with Crippen molar-refractivity contribution in [3.8, 4) is 0 Å². The van der Waals surface area contributed by atoms with Gasteiger partial charge in [0.15, 0.2) is 0 Å². The van der Waals surface area contributed by atoms with E-state index in [0.717, 1.165) is 30.1 Å². The third-order valence-electron chi connectivity index (χ3n) is 2.60. The van der Waals surface area contributed by atoms with Crippen molar-refractivity contribution in [1.82, 2.24) is 4.90 Å². The standard InChI is InChI=1S/C13H20ClNO/c1-2-3-8-15(9-10-16)11-12-6-4-5-7-13(12)14/h4-7,16H,2-3,8-11H2,1H3. The van der Waals surface area contributed by atoms with Gasteiger partial charge in [-0.15, -0.1) is 0 Å². The first kappa shape index (κ1) is 13.5. The summed E-state index contributed by atoms with van der Waals surface area (Å²) in [5.41, 5.74) is 1.13. The molecule has 0 saturated carbocycles. The van der Waals surface area contributed by atoms with Gasteiger partial charge in [-0.25, -0.2) is 0 Å². The average molecular weight is 242 g/mol. The molecule has 1 aromatic rings. The summed E-state index contributed by atoms with van der Waals surface area (Å²) in [5, 5.41) is 9.82. The van der Waals surface area contributed by atoms with Gasteiger partial charge in [-0.2, -0.15) is 0 Å². The Bertz CT molecular complexity index is 304. The van der Waals surface area contributed by atoms with Crippen molar-refractivity contribution >= 4 is 11.6 Å². The van der Waals surface area contributed by atoms with Crippen LogP contribution in [0.15, 0.2) is 24.3 Å². The summed E-state index contributed by atoms with van der Waals surface area (Å²) in [6, 6.07) is 7.89. The van der Waals surface area contributed by atoms with E-state index >= 15 is 0 Å². The normalized spacial score (nSPS) is 11.0. The van der Waals surface area contributed by atoms with Gasteiger partial charge >= 0.3 is 0 Å². The van der Waals surface area contributed by atoms with Crippen molar-refractivity contribution in [2.75, 3.05) is 19.7 Å². The Morgan fingerprint density at radius 2 is 2.00 bits per heavy atom. The molecule has 0 amide bonds. The topological polar surface area (TPSA) is 23.5 Å². The molecule has 0 aliphatic rings. The van der Waals surface area contributed by atoms with Gasteiger partial charge in [-0.3, -0.25) is 4.90 Å². The van der Waals surface area contributed by atoms with Crippen molar-refractivity contribution in [2.24, 2.45) is 0 Å². The molecule has 16 heavy (non-hydrogen) atoms. The van der Waals surface area contributed by atoms with Crippen molar-refractivity contribution in [3.05, 3.63) is 34.9 Å². The SMILES string of the molecule is CCCCN(CCO)Cc1ccccc1Cl. The zero-order valence-corrected chi connectivity index (χ0v) is 10.6. The number of hydrogen-bond acceptors (Lipinski definition) is 2. The van der Waals surface area contributed by atoms with E-state index in [1.807, 2.05) is 24.3 Å². The Morgan fingerprint density at radius 1 is 1.25 bits per heavy atom. The molecule has 0 atom stereocenters. The molecule has 0 aromatic heterocycles. The van der Waals surface area contributed by atoms with E-state index < -0.39 is 0 Å². The first-order valence-corrected chi connectivity index (χ1v) is 6.22. The van der Waals surface area contributed by atoms with Crippen LogP contribution < -0.4 is 0 Å². The molecule has 0 spiro atoms. The minimum atomic E-state index is 0.203. The first-order chi connectivity index (χ1) is 7.77. The summed E-state index contributed by atoms with van der Waals surface area (Å²) in [5.74, 6) is 0. The highest BCUT2D eigenvalue weighted by Gasteiger charge is 2.06. The Balaban J connectivity index is 2.56. The van der Waals surface area contributed by atoms with Gasteiger partial charge in [0.05, 0.1) is 6.61 Å². The Kier molecular flexibility index (Phi) is 6.46. The lowest BCUT2D eigenvalue weighted by Gasteiger charge is -2.21. The van der Waals surface area contributed by atoms with E-state index in [1.165, 1.54) is 6.42 Å². The number of aliphatic hydroxyl groups is 1. The molecular formula is C13H20ClNO. The van der Waals surface area contributed by atoms with Crippen LogP contribution in [0.4, 0.5) is 0 Å². The number of unbranched alkanes of at least 4 members (excludes halogenated alkanes) is 1. The van der Waals surface area contributed by atoms with Crippen LogP contribution in [0.2, 0.25) is 5.02 Å². The van der Waals surface area contributed by atoms with Crippen molar-refractivity contribution in [1.29, 1.82) is 0 Å². The average Bonchev–Trinajstić information content (AvgIpc) is 2.29.